The molecule has 0 bridgehead atoms. The molecule has 178 valence electrons. The van der Waals surface area contributed by atoms with Crippen LogP contribution >= 0.6 is 11.6 Å². The van der Waals surface area contributed by atoms with Crippen molar-refractivity contribution < 1.29 is 14.3 Å². The lowest BCUT2D eigenvalue weighted by atomic mass is 9.93. The van der Waals surface area contributed by atoms with Gasteiger partial charge in [0.25, 0.3) is 0 Å². The van der Waals surface area contributed by atoms with Crippen molar-refractivity contribution in [2.45, 2.75) is 44.6 Å². The first kappa shape index (κ1) is 22.7. The van der Waals surface area contributed by atoms with Crippen LogP contribution in [0, 0.1) is 5.92 Å². The van der Waals surface area contributed by atoms with Gasteiger partial charge in [0.05, 0.1) is 24.6 Å². The van der Waals surface area contributed by atoms with Gasteiger partial charge in [0.15, 0.2) is 0 Å². The fraction of sp³-hybridized carbons (Fsp3) is 0.423. The van der Waals surface area contributed by atoms with Gasteiger partial charge in [0, 0.05) is 24.0 Å². The Balaban J connectivity index is 1.43. The van der Waals surface area contributed by atoms with E-state index in [1.165, 1.54) is 7.11 Å². The summed E-state index contributed by atoms with van der Waals surface area (Å²) in [6.45, 7) is 2.02. The number of halogens is 1. The van der Waals surface area contributed by atoms with Crippen LogP contribution in [0.4, 0.5) is 5.82 Å². The topological polar surface area (TPSA) is 80.3 Å². The Morgan fingerprint density at radius 1 is 1.24 bits per heavy atom. The number of anilines is 1. The Morgan fingerprint density at radius 2 is 2.15 bits per heavy atom. The Morgan fingerprint density at radius 3 is 2.94 bits per heavy atom. The number of benzene rings is 1. The molecule has 1 N–H and O–H groups in total. The Bertz CT molecular complexity index is 1210. The minimum Gasteiger partial charge on any atom is -0.487 e. The molecule has 1 aliphatic carbocycles. The van der Waals surface area contributed by atoms with Crippen LogP contribution in [0.5, 0.6) is 5.75 Å². The minimum atomic E-state index is -0.156. The van der Waals surface area contributed by atoms with E-state index in [0.717, 1.165) is 72.9 Å². The summed E-state index contributed by atoms with van der Waals surface area (Å²) < 4.78 is 10.8. The number of esters is 1. The third kappa shape index (κ3) is 5.04. The monoisotopic (exact) mass is 480 g/mol. The van der Waals surface area contributed by atoms with Crippen molar-refractivity contribution in [2.24, 2.45) is 5.92 Å². The van der Waals surface area contributed by atoms with E-state index in [0.29, 0.717) is 24.0 Å². The largest absolute Gasteiger partial charge is 0.487 e. The average molecular weight is 481 g/mol. The molecule has 2 aliphatic rings. The van der Waals surface area contributed by atoms with E-state index in [-0.39, 0.29) is 11.9 Å². The maximum atomic E-state index is 11.8. The second-order valence-electron chi connectivity index (χ2n) is 9.07. The second-order valence-corrected chi connectivity index (χ2v) is 9.51. The smallest absolute Gasteiger partial charge is 0.305 e. The zero-order valence-electron chi connectivity index (χ0n) is 19.3. The highest BCUT2D eigenvalue weighted by Crippen LogP contribution is 2.34. The van der Waals surface area contributed by atoms with Crippen LogP contribution in [0.3, 0.4) is 0 Å². The average Bonchev–Trinajstić information content (AvgIpc) is 3.49. The predicted molar refractivity (Wildman–Crippen MR) is 132 cm³/mol. The minimum absolute atomic E-state index is 0.156. The number of fused-ring (bicyclic) bond motifs is 1. The Labute approximate surface area is 204 Å². The molecule has 2 aromatic heterocycles. The van der Waals surface area contributed by atoms with Crippen LogP contribution in [-0.4, -0.2) is 41.1 Å². The summed E-state index contributed by atoms with van der Waals surface area (Å²) in [5.41, 5.74) is 1.76. The summed E-state index contributed by atoms with van der Waals surface area (Å²) in [6.07, 6.45) is 8.90. The molecule has 1 saturated heterocycles. The first-order chi connectivity index (χ1) is 16.6. The summed E-state index contributed by atoms with van der Waals surface area (Å²) in [5, 5.41) is 1.63. The van der Waals surface area contributed by atoms with Crippen LogP contribution in [0.1, 0.15) is 49.5 Å². The van der Waals surface area contributed by atoms with Gasteiger partial charge in [-0.25, -0.2) is 9.97 Å². The lowest BCUT2D eigenvalue weighted by Crippen LogP contribution is -2.23. The number of methoxy groups -OCH3 is 1. The van der Waals surface area contributed by atoms with Gasteiger partial charge < -0.3 is 19.4 Å². The maximum Gasteiger partial charge on any atom is 0.305 e. The lowest BCUT2D eigenvalue weighted by Gasteiger charge is -2.22. The molecule has 0 radical (unpaired) electrons. The van der Waals surface area contributed by atoms with E-state index in [4.69, 9.17) is 31.0 Å². The van der Waals surface area contributed by atoms with Crippen LogP contribution in [0.15, 0.2) is 42.5 Å². The number of hydrogen-bond donors (Lipinski definition) is 1. The van der Waals surface area contributed by atoms with Crippen molar-refractivity contribution in [1.82, 2.24) is 15.0 Å². The lowest BCUT2D eigenvalue weighted by molar-refractivity contribution is -0.141. The van der Waals surface area contributed by atoms with Gasteiger partial charge in [-0.3, -0.25) is 4.79 Å². The Hall–Kier alpha value is -3.06. The van der Waals surface area contributed by atoms with Gasteiger partial charge in [-0.05, 0) is 55.9 Å². The van der Waals surface area contributed by atoms with Gasteiger partial charge in [-0.15, -0.1) is 0 Å². The zero-order chi connectivity index (χ0) is 23.5. The summed E-state index contributed by atoms with van der Waals surface area (Å²) in [5.74, 6) is 2.97. The molecule has 1 aliphatic heterocycles. The first-order valence-electron chi connectivity index (χ1n) is 11.8. The molecule has 1 aromatic carbocycles. The number of nitrogens with one attached hydrogen (secondary N) is 1. The van der Waals surface area contributed by atoms with Crippen molar-refractivity contribution in [3.63, 3.8) is 0 Å². The molecule has 8 heteroatoms. The van der Waals surface area contributed by atoms with Crippen LogP contribution in [0.25, 0.3) is 11.0 Å². The second kappa shape index (κ2) is 10.1. The number of ether oxygens (including phenoxy) is 2. The zero-order valence-corrected chi connectivity index (χ0v) is 20.1. The standard InChI is InChI=1S/C26H29ClN4O3/c1-33-23(32)12-17-10-11-31(15-17)26-22-14-20(16-34-21-9-5-8-19(27)13-21)28-25(22)29-24(30-26)18-6-3-2-4-7-18/h2-3,5,8-9,13-14,17-18H,4,6-7,10-12,15-16H2,1H3,(H,28,29,30). The number of nitrogens with zero attached hydrogens (tertiary/aromatic N) is 3. The molecule has 0 spiro atoms. The first-order valence-corrected chi connectivity index (χ1v) is 12.2. The predicted octanol–water partition coefficient (Wildman–Crippen LogP) is 5.40. The molecule has 5 rings (SSSR count). The van der Waals surface area contributed by atoms with Crippen molar-refractivity contribution in [3.05, 3.63) is 59.0 Å². The van der Waals surface area contributed by atoms with Gasteiger partial charge in [0.2, 0.25) is 0 Å². The molecule has 2 atom stereocenters. The highest BCUT2D eigenvalue weighted by molar-refractivity contribution is 6.30. The molecule has 3 heterocycles. The van der Waals surface area contributed by atoms with Gasteiger partial charge in [-0.1, -0.05) is 29.8 Å². The molecule has 2 unspecified atom stereocenters. The molecule has 0 amide bonds. The fourth-order valence-corrected chi connectivity index (χ4v) is 5.00. The van der Waals surface area contributed by atoms with Gasteiger partial charge in [-0.2, -0.15) is 0 Å². The number of aromatic amines is 1. The van der Waals surface area contributed by atoms with E-state index in [1.54, 1.807) is 6.07 Å². The number of allylic oxidation sites excluding steroid dienone is 2. The maximum absolute atomic E-state index is 11.8. The Kier molecular flexibility index (Phi) is 6.72. The molecule has 7 nitrogen and oxygen atoms in total. The summed E-state index contributed by atoms with van der Waals surface area (Å²) in [6, 6.07) is 9.46. The third-order valence-electron chi connectivity index (χ3n) is 6.63. The van der Waals surface area contributed by atoms with Gasteiger partial charge >= 0.3 is 5.97 Å². The van der Waals surface area contributed by atoms with Crippen molar-refractivity contribution in [1.29, 1.82) is 0 Å². The quantitative estimate of drug-likeness (QED) is 0.360. The summed E-state index contributed by atoms with van der Waals surface area (Å²) >= 11 is 6.08. The van der Waals surface area contributed by atoms with Crippen molar-refractivity contribution >= 4 is 34.4 Å². The summed E-state index contributed by atoms with van der Waals surface area (Å²) in [4.78, 5) is 27.5. The molecule has 3 aromatic rings. The number of aromatic nitrogens is 3. The number of rotatable bonds is 7. The van der Waals surface area contributed by atoms with Crippen molar-refractivity contribution in [2.75, 3.05) is 25.1 Å². The van der Waals surface area contributed by atoms with Crippen LogP contribution < -0.4 is 9.64 Å². The third-order valence-corrected chi connectivity index (χ3v) is 6.87. The fourth-order valence-electron chi connectivity index (χ4n) is 4.82. The normalized spacial score (nSPS) is 20.1. The van der Waals surface area contributed by atoms with E-state index < -0.39 is 0 Å². The van der Waals surface area contributed by atoms with Gasteiger partial charge in [0.1, 0.15) is 29.6 Å². The van der Waals surface area contributed by atoms with E-state index in [9.17, 15) is 4.79 Å². The molecular weight excluding hydrogens is 452 g/mol. The van der Waals surface area contributed by atoms with Crippen LogP contribution in [0.2, 0.25) is 5.02 Å². The number of carbonyl (C=O) groups is 1. The molecule has 1 fully saturated rings. The van der Waals surface area contributed by atoms with E-state index >= 15 is 0 Å². The van der Waals surface area contributed by atoms with Crippen molar-refractivity contribution in [3.8, 4) is 5.75 Å². The highest BCUT2D eigenvalue weighted by Gasteiger charge is 2.29. The van der Waals surface area contributed by atoms with E-state index in [2.05, 4.69) is 28.1 Å². The molecular formula is C26H29ClN4O3. The molecule has 0 saturated carbocycles. The molecule has 34 heavy (non-hydrogen) atoms. The highest BCUT2D eigenvalue weighted by atomic mass is 35.5. The SMILES string of the molecule is COC(=O)CC1CCN(c2nc(C3CC=CCC3)nc3[nH]c(COc4cccc(Cl)c4)cc23)C1. The number of hydrogen-bond acceptors (Lipinski definition) is 6. The number of H-pyrrole nitrogens is 1. The summed E-state index contributed by atoms with van der Waals surface area (Å²) in [7, 11) is 1.45. The van der Waals surface area contributed by atoms with Crippen LogP contribution in [-0.2, 0) is 16.1 Å². The van der Waals surface area contributed by atoms with E-state index in [1.807, 2.05) is 18.2 Å². The number of carbonyl (C=O) groups excluding carboxylic acids is 1.